The molecule has 1 amide bonds. The standard InChI is InChI=1S/C25H36N6O2S/c1-19(23(32)26-20-9-11-21(12-10-20)29-13-3-2-4-14-29)34-25-28-27-24(30-15-5-6-16-30)31(25)18-22-8-7-17-33-22/h9-12,19,22H,2-8,13-18H2,1H3,(H,26,32)/t19-,22+/m0/s1. The number of amides is 1. The molecule has 3 aliphatic heterocycles. The number of nitrogens with one attached hydrogen (secondary N) is 1. The first kappa shape index (κ1) is 23.5. The van der Waals surface area contributed by atoms with Gasteiger partial charge in [-0.15, -0.1) is 10.2 Å². The maximum absolute atomic E-state index is 13.0. The summed E-state index contributed by atoms with van der Waals surface area (Å²) in [5.41, 5.74) is 2.06. The number of nitrogens with zero attached hydrogens (tertiary/aromatic N) is 5. The van der Waals surface area contributed by atoms with Crippen molar-refractivity contribution in [2.45, 2.75) is 74.9 Å². The largest absolute Gasteiger partial charge is 0.376 e. The van der Waals surface area contributed by atoms with Crippen molar-refractivity contribution in [2.24, 2.45) is 0 Å². The molecule has 8 nitrogen and oxygen atoms in total. The SMILES string of the molecule is C[C@H](Sc1nnc(N2CCCC2)n1C[C@H]1CCCO1)C(=O)Nc1ccc(N2CCCCC2)cc1. The first-order valence-corrected chi connectivity index (χ1v) is 13.7. The van der Waals surface area contributed by atoms with Crippen LogP contribution in [0.25, 0.3) is 0 Å². The Morgan fingerprint density at radius 1 is 1.03 bits per heavy atom. The van der Waals surface area contributed by atoms with Gasteiger partial charge in [0.1, 0.15) is 0 Å². The van der Waals surface area contributed by atoms with E-state index < -0.39 is 0 Å². The molecular weight excluding hydrogens is 448 g/mol. The average Bonchev–Trinajstić information content (AvgIpc) is 3.64. The van der Waals surface area contributed by atoms with Crippen LogP contribution in [-0.2, 0) is 16.1 Å². The van der Waals surface area contributed by atoms with Crippen LogP contribution in [0.2, 0.25) is 0 Å². The molecule has 0 aliphatic carbocycles. The summed E-state index contributed by atoms with van der Waals surface area (Å²) in [5.74, 6) is 0.890. The summed E-state index contributed by atoms with van der Waals surface area (Å²) in [6.07, 6.45) is 8.55. The molecule has 2 aromatic rings. The van der Waals surface area contributed by atoms with Gasteiger partial charge in [-0.25, -0.2) is 0 Å². The molecule has 184 valence electrons. The molecule has 1 aromatic heterocycles. The van der Waals surface area contributed by atoms with Gasteiger partial charge in [-0.3, -0.25) is 9.36 Å². The zero-order chi connectivity index (χ0) is 23.3. The van der Waals surface area contributed by atoms with Gasteiger partial charge in [0.15, 0.2) is 5.16 Å². The number of benzene rings is 1. The molecule has 9 heteroatoms. The Morgan fingerprint density at radius 2 is 1.74 bits per heavy atom. The number of carbonyl (C=O) groups is 1. The van der Waals surface area contributed by atoms with Crippen LogP contribution < -0.4 is 15.1 Å². The number of hydrogen-bond donors (Lipinski definition) is 1. The van der Waals surface area contributed by atoms with Gasteiger partial charge in [0.2, 0.25) is 11.9 Å². The molecule has 0 bridgehead atoms. The Labute approximate surface area is 206 Å². The van der Waals surface area contributed by atoms with Gasteiger partial charge in [0, 0.05) is 44.2 Å². The Hall–Kier alpha value is -2.26. The lowest BCUT2D eigenvalue weighted by atomic mass is 10.1. The average molecular weight is 485 g/mol. The Balaban J connectivity index is 1.23. The smallest absolute Gasteiger partial charge is 0.237 e. The number of piperidine rings is 1. The van der Waals surface area contributed by atoms with Gasteiger partial charge < -0.3 is 19.9 Å². The first-order chi connectivity index (χ1) is 16.7. The lowest BCUT2D eigenvalue weighted by molar-refractivity contribution is -0.115. The third-order valence-corrected chi connectivity index (χ3v) is 8.08. The van der Waals surface area contributed by atoms with Gasteiger partial charge in [-0.1, -0.05) is 11.8 Å². The van der Waals surface area contributed by atoms with E-state index in [1.165, 1.54) is 49.6 Å². The van der Waals surface area contributed by atoms with E-state index in [9.17, 15) is 4.79 Å². The zero-order valence-corrected chi connectivity index (χ0v) is 20.9. The molecule has 0 saturated carbocycles. The highest BCUT2D eigenvalue weighted by Crippen LogP contribution is 2.30. The van der Waals surface area contributed by atoms with Crippen molar-refractivity contribution < 1.29 is 9.53 Å². The van der Waals surface area contributed by atoms with Crippen molar-refractivity contribution >= 4 is 35.0 Å². The van der Waals surface area contributed by atoms with E-state index in [1.807, 2.05) is 19.1 Å². The quantitative estimate of drug-likeness (QED) is 0.564. The summed E-state index contributed by atoms with van der Waals surface area (Å²) in [6, 6.07) is 8.23. The Bertz CT molecular complexity index is 947. The first-order valence-electron chi connectivity index (χ1n) is 12.8. The number of hydrogen-bond acceptors (Lipinski definition) is 7. The lowest BCUT2D eigenvalue weighted by Gasteiger charge is -2.28. The Kier molecular flexibility index (Phi) is 7.59. The minimum Gasteiger partial charge on any atom is -0.376 e. The number of carbonyl (C=O) groups excluding carboxylic acids is 1. The molecule has 0 spiro atoms. The van der Waals surface area contributed by atoms with Crippen molar-refractivity contribution in [1.82, 2.24) is 14.8 Å². The van der Waals surface area contributed by atoms with Gasteiger partial charge in [0.05, 0.1) is 17.9 Å². The van der Waals surface area contributed by atoms with E-state index in [0.29, 0.717) is 0 Å². The summed E-state index contributed by atoms with van der Waals surface area (Å²) in [4.78, 5) is 17.7. The topological polar surface area (TPSA) is 75.5 Å². The van der Waals surface area contributed by atoms with E-state index in [2.05, 4.69) is 42.0 Å². The maximum Gasteiger partial charge on any atom is 0.237 e. The van der Waals surface area contributed by atoms with Crippen molar-refractivity contribution in [3.05, 3.63) is 24.3 Å². The molecule has 3 aliphatic rings. The second-order valence-electron chi connectivity index (χ2n) is 9.57. The molecule has 1 aromatic carbocycles. The molecule has 3 saturated heterocycles. The Morgan fingerprint density at radius 3 is 2.44 bits per heavy atom. The minimum atomic E-state index is -0.291. The summed E-state index contributed by atoms with van der Waals surface area (Å²) in [7, 11) is 0. The van der Waals surface area contributed by atoms with Gasteiger partial charge in [0.25, 0.3) is 0 Å². The van der Waals surface area contributed by atoms with Crippen LogP contribution in [0.15, 0.2) is 29.4 Å². The summed E-state index contributed by atoms with van der Waals surface area (Å²) < 4.78 is 8.07. The minimum absolute atomic E-state index is 0.0230. The van der Waals surface area contributed by atoms with Gasteiger partial charge in [-0.05, 0) is 76.1 Å². The summed E-state index contributed by atoms with van der Waals surface area (Å²) in [5, 5.41) is 12.6. The second-order valence-corrected chi connectivity index (χ2v) is 10.9. The third kappa shape index (κ3) is 5.51. The number of aromatic nitrogens is 3. The molecule has 5 rings (SSSR count). The molecule has 1 N–H and O–H groups in total. The third-order valence-electron chi connectivity index (χ3n) is 7.00. The van der Waals surface area contributed by atoms with Crippen LogP contribution in [0.5, 0.6) is 0 Å². The fourth-order valence-electron chi connectivity index (χ4n) is 5.03. The summed E-state index contributed by atoms with van der Waals surface area (Å²) >= 11 is 1.47. The van der Waals surface area contributed by atoms with Crippen LogP contribution in [0.3, 0.4) is 0 Å². The molecule has 3 fully saturated rings. The molecule has 2 atom stereocenters. The van der Waals surface area contributed by atoms with Crippen LogP contribution in [0.1, 0.15) is 51.9 Å². The monoisotopic (exact) mass is 484 g/mol. The van der Waals surface area contributed by atoms with Crippen molar-refractivity contribution in [1.29, 1.82) is 0 Å². The number of thioether (sulfide) groups is 1. The highest BCUT2D eigenvalue weighted by molar-refractivity contribution is 8.00. The zero-order valence-electron chi connectivity index (χ0n) is 20.1. The maximum atomic E-state index is 13.0. The number of anilines is 3. The van der Waals surface area contributed by atoms with E-state index in [-0.39, 0.29) is 17.3 Å². The summed E-state index contributed by atoms with van der Waals surface area (Å²) in [6.45, 7) is 7.76. The highest BCUT2D eigenvalue weighted by atomic mass is 32.2. The van der Waals surface area contributed by atoms with E-state index in [4.69, 9.17) is 4.74 Å². The second kappa shape index (κ2) is 11.0. The number of rotatable bonds is 8. The van der Waals surface area contributed by atoms with Gasteiger partial charge >= 0.3 is 0 Å². The van der Waals surface area contributed by atoms with Crippen LogP contribution in [-0.4, -0.2) is 64.8 Å². The molecular formula is C25H36N6O2S. The van der Waals surface area contributed by atoms with Crippen molar-refractivity contribution in [3.63, 3.8) is 0 Å². The van der Waals surface area contributed by atoms with Gasteiger partial charge in [-0.2, -0.15) is 0 Å². The predicted octanol–water partition coefficient (Wildman–Crippen LogP) is 4.17. The molecule has 34 heavy (non-hydrogen) atoms. The molecule has 0 radical (unpaired) electrons. The van der Waals surface area contributed by atoms with E-state index in [0.717, 1.165) is 69.0 Å². The normalized spacial score (nSPS) is 21.7. The fourth-order valence-corrected chi connectivity index (χ4v) is 5.89. The van der Waals surface area contributed by atoms with Crippen molar-refractivity contribution in [3.8, 4) is 0 Å². The molecule has 0 unspecified atom stereocenters. The lowest BCUT2D eigenvalue weighted by Crippen LogP contribution is -2.29. The van der Waals surface area contributed by atoms with Crippen molar-refractivity contribution in [2.75, 3.05) is 47.9 Å². The highest BCUT2D eigenvalue weighted by Gasteiger charge is 2.27. The van der Waals surface area contributed by atoms with Crippen LogP contribution in [0, 0.1) is 0 Å². The van der Waals surface area contributed by atoms with E-state index >= 15 is 0 Å². The molecule has 4 heterocycles. The van der Waals surface area contributed by atoms with Crippen LogP contribution in [0.4, 0.5) is 17.3 Å². The number of ether oxygens (including phenoxy) is 1. The predicted molar refractivity (Wildman–Crippen MR) is 137 cm³/mol. The van der Waals surface area contributed by atoms with Crippen LogP contribution >= 0.6 is 11.8 Å². The van der Waals surface area contributed by atoms with E-state index in [1.54, 1.807) is 0 Å². The fraction of sp³-hybridized carbons (Fsp3) is 0.640.